The Labute approximate surface area is 119 Å². The largest absolute Gasteiger partial charge is 0.454 e. The van der Waals surface area contributed by atoms with Crippen molar-refractivity contribution in [2.24, 2.45) is 0 Å². The Morgan fingerprint density at radius 1 is 1.52 bits per heavy atom. The van der Waals surface area contributed by atoms with Gasteiger partial charge in [0.15, 0.2) is 5.79 Å². The van der Waals surface area contributed by atoms with Gasteiger partial charge in [-0.15, -0.1) is 0 Å². The molecule has 114 valence electrons. The van der Waals surface area contributed by atoms with E-state index in [1.165, 1.54) is 0 Å². The van der Waals surface area contributed by atoms with Gasteiger partial charge in [-0.1, -0.05) is 0 Å². The topological polar surface area (TPSA) is 93.7 Å². The van der Waals surface area contributed by atoms with Crippen molar-refractivity contribution in [2.75, 3.05) is 6.61 Å². The number of aromatic amines is 1. The van der Waals surface area contributed by atoms with Crippen molar-refractivity contribution in [3.63, 3.8) is 0 Å². The highest BCUT2D eigenvalue weighted by Gasteiger charge is 2.51. The molecule has 1 aromatic rings. The Morgan fingerprint density at radius 3 is 2.95 bits per heavy atom. The summed E-state index contributed by atoms with van der Waals surface area (Å²) in [6.45, 7) is 3.33. The fourth-order valence-electron chi connectivity index (χ4n) is 2.51. The van der Waals surface area contributed by atoms with Crippen molar-refractivity contribution in [1.29, 1.82) is 0 Å². The molecule has 0 saturated carbocycles. The van der Waals surface area contributed by atoms with Crippen molar-refractivity contribution in [1.82, 2.24) is 9.97 Å². The van der Waals surface area contributed by atoms with Crippen LogP contribution in [-0.2, 0) is 9.47 Å². The van der Waals surface area contributed by atoms with Crippen LogP contribution in [0.5, 0.6) is 6.01 Å². The van der Waals surface area contributed by atoms with Gasteiger partial charge in [0.05, 0.1) is 12.8 Å². The van der Waals surface area contributed by atoms with E-state index >= 15 is 0 Å². The molecule has 0 bridgehead atoms. The minimum absolute atomic E-state index is 0.117. The second kappa shape index (κ2) is 4.90. The van der Waals surface area contributed by atoms with Gasteiger partial charge >= 0.3 is 0 Å². The van der Waals surface area contributed by atoms with E-state index in [9.17, 15) is 14.3 Å². The van der Waals surface area contributed by atoms with Crippen LogP contribution in [0.4, 0.5) is 4.39 Å². The van der Waals surface area contributed by atoms with E-state index in [0.717, 1.165) is 6.20 Å². The zero-order chi connectivity index (χ0) is 15.2. The molecule has 8 heteroatoms. The van der Waals surface area contributed by atoms with Crippen molar-refractivity contribution in [3.8, 4) is 6.01 Å². The van der Waals surface area contributed by atoms with Gasteiger partial charge in [0.1, 0.15) is 18.3 Å². The molecule has 2 N–H and O–H groups in total. The summed E-state index contributed by atoms with van der Waals surface area (Å²) in [6.07, 6.45) is 0.980. The number of aliphatic hydroxyl groups is 1. The number of hydrogen-bond acceptors (Lipinski definition) is 6. The van der Waals surface area contributed by atoms with Crippen molar-refractivity contribution < 1.29 is 23.7 Å². The number of aliphatic hydroxyl groups excluding tert-OH is 1. The van der Waals surface area contributed by atoms with Crippen LogP contribution >= 0.6 is 0 Å². The van der Waals surface area contributed by atoms with Gasteiger partial charge in [-0.05, 0) is 25.5 Å². The lowest BCUT2D eigenvalue weighted by Gasteiger charge is -2.21. The molecule has 0 amide bonds. The van der Waals surface area contributed by atoms with Crippen LogP contribution in [0.2, 0.25) is 0 Å². The van der Waals surface area contributed by atoms with E-state index in [0.29, 0.717) is 5.57 Å². The van der Waals surface area contributed by atoms with Gasteiger partial charge in [-0.2, -0.15) is 4.39 Å². The molecular weight excluding hydrogens is 283 g/mol. The third kappa shape index (κ3) is 2.57. The van der Waals surface area contributed by atoms with Gasteiger partial charge in [-0.3, -0.25) is 9.78 Å². The summed E-state index contributed by atoms with van der Waals surface area (Å²) in [6, 6.07) is -0.117. The fraction of sp³-hybridized carbons (Fsp3) is 0.538. The van der Waals surface area contributed by atoms with Crippen LogP contribution in [-0.4, -0.2) is 45.8 Å². The number of hydrogen-bond donors (Lipinski definition) is 2. The van der Waals surface area contributed by atoms with Crippen molar-refractivity contribution in [3.05, 3.63) is 34.0 Å². The zero-order valence-electron chi connectivity index (χ0n) is 11.5. The lowest BCUT2D eigenvalue weighted by atomic mass is 10.1. The number of nitrogens with one attached hydrogen (secondary N) is 1. The zero-order valence-corrected chi connectivity index (χ0v) is 11.5. The highest BCUT2D eigenvalue weighted by Crippen LogP contribution is 2.39. The smallest absolute Gasteiger partial charge is 0.297 e. The van der Waals surface area contributed by atoms with E-state index in [2.05, 4.69) is 9.97 Å². The average Bonchev–Trinajstić information content (AvgIpc) is 2.88. The van der Waals surface area contributed by atoms with Crippen LogP contribution in [0.15, 0.2) is 22.6 Å². The van der Waals surface area contributed by atoms with Crippen LogP contribution < -0.4 is 10.3 Å². The summed E-state index contributed by atoms with van der Waals surface area (Å²) >= 11 is 0. The van der Waals surface area contributed by atoms with Crippen LogP contribution in [0.3, 0.4) is 0 Å². The molecule has 2 aliphatic rings. The number of nitrogens with zero attached hydrogens (tertiary/aromatic N) is 1. The average molecular weight is 298 g/mol. The monoisotopic (exact) mass is 298 g/mol. The van der Waals surface area contributed by atoms with Gasteiger partial charge in [0.25, 0.3) is 11.6 Å². The number of halogens is 1. The van der Waals surface area contributed by atoms with Crippen LogP contribution in [0, 0.1) is 5.82 Å². The highest BCUT2D eigenvalue weighted by molar-refractivity contribution is 5.26. The molecule has 3 atom stereocenters. The molecule has 1 aliphatic heterocycles. The van der Waals surface area contributed by atoms with Crippen LogP contribution in [0.25, 0.3) is 0 Å². The molecule has 0 unspecified atom stereocenters. The maximum absolute atomic E-state index is 12.9. The lowest BCUT2D eigenvalue weighted by Crippen LogP contribution is -2.34. The summed E-state index contributed by atoms with van der Waals surface area (Å²) in [4.78, 5) is 17.1. The summed E-state index contributed by atoms with van der Waals surface area (Å²) in [5.41, 5.74) is -0.273. The van der Waals surface area contributed by atoms with Gasteiger partial charge in [0, 0.05) is 0 Å². The Morgan fingerprint density at radius 2 is 2.29 bits per heavy atom. The molecule has 1 aliphatic carbocycles. The van der Waals surface area contributed by atoms with Gasteiger partial charge in [0.2, 0.25) is 5.82 Å². The molecule has 1 aromatic heterocycles. The second-order valence-corrected chi connectivity index (χ2v) is 5.37. The Kier molecular flexibility index (Phi) is 3.31. The first-order chi connectivity index (χ1) is 9.89. The quantitative estimate of drug-likeness (QED) is 0.769. The number of H-pyrrole nitrogens is 1. The fourth-order valence-corrected chi connectivity index (χ4v) is 2.51. The van der Waals surface area contributed by atoms with Gasteiger partial charge in [-0.25, -0.2) is 4.98 Å². The summed E-state index contributed by atoms with van der Waals surface area (Å²) in [5.74, 6) is -1.78. The normalized spacial score (nSPS) is 30.1. The Balaban J connectivity index is 1.83. The first-order valence-electron chi connectivity index (χ1n) is 6.48. The summed E-state index contributed by atoms with van der Waals surface area (Å²) in [7, 11) is 0. The number of fused-ring (bicyclic) bond motifs is 1. The standard InChI is InChI=1S/C13H15FN2O5/c1-13(2)20-9-6(5-17)3-8(10(9)21-13)19-12-15-4-7(14)11(18)16-12/h3-4,8-10,17H,5H2,1-2H3,(H,15,16,18)/t8-,9-,10+/m1/s1. The SMILES string of the molecule is CC1(C)O[C@@H]2[C@H](O1)C(CO)=C[C@H]2Oc1ncc(F)c(=O)[nH]1. The Bertz CT molecular complexity index is 642. The molecule has 2 heterocycles. The van der Waals surface area contributed by atoms with E-state index < -0.39 is 35.5 Å². The number of ether oxygens (including phenoxy) is 3. The molecule has 0 spiro atoms. The van der Waals surface area contributed by atoms with Crippen LogP contribution in [0.1, 0.15) is 13.8 Å². The summed E-state index contributed by atoms with van der Waals surface area (Å²) < 4.78 is 29.9. The first-order valence-corrected chi connectivity index (χ1v) is 6.48. The predicted molar refractivity (Wildman–Crippen MR) is 68.2 cm³/mol. The third-order valence-corrected chi connectivity index (χ3v) is 3.36. The van der Waals surface area contributed by atoms with E-state index in [1.807, 2.05) is 0 Å². The lowest BCUT2D eigenvalue weighted by molar-refractivity contribution is -0.152. The van der Waals surface area contributed by atoms with Gasteiger partial charge < -0.3 is 19.3 Å². The Hall–Kier alpha value is -1.77. The minimum Gasteiger partial charge on any atom is -0.454 e. The van der Waals surface area contributed by atoms with Crippen molar-refractivity contribution in [2.45, 2.75) is 37.9 Å². The third-order valence-electron chi connectivity index (χ3n) is 3.36. The van der Waals surface area contributed by atoms with Crippen molar-refractivity contribution >= 4 is 0 Å². The first kappa shape index (κ1) is 14.2. The molecular formula is C13H15FN2O5. The maximum atomic E-state index is 12.9. The molecule has 1 saturated heterocycles. The van der Waals surface area contributed by atoms with E-state index in [1.54, 1.807) is 19.9 Å². The molecule has 3 rings (SSSR count). The molecule has 1 fully saturated rings. The minimum atomic E-state index is -0.986. The maximum Gasteiger partial charge on any atom is 0.297 e. The summed E-state index contributed by atoms with van der Waals surface area (Å²) in [5, 5.41) is 9.37. The van der Waals surface area contributed by atoms with E-state index in [4.69, 9.17) is 14.2 Å². The highest BCUT2D eigenvalue weighted by atomic mass is 19.1. The molecule has 0 radical (unpaired) electrons. The molecule has 21 heavy (non-hydrogen) atoms. The second-order valence-electron chi connectivity index (χ2n) is 5.37. The number of rotatable bonds is 3. The molecule has 7 nitrogen and oxygen atoms in total. The number of aromatic nitrogens is 2. The predicted octanol–water partition coefficient (Wildman–Crippen LogP) is 0.109. The molecule has 0 aromatic carbocycles. The van der Waals surface area contributed by atoms with E-state index in [-0.39, 0.29) is 12.6 Å².